The van der Waals surface area contributed by atoms with Crippen LogP contribution < -0.4 is 10.9 Å². The van der Waals surface area contributed by atoms with Gasteiger partial charge >= 0.3 is 0 Å². The first-order valence-corrected chi connectivity index (χ1v) is 11.2. The van der Waals surface area contributed by atoms with Crippen LogP contribution in [0.25, 0.3) is 27.6 Å². The van der Waals surface area contributed by atoms with Crippen LogP contribution in [0, 0.1) is 6.92 Å². The van der Waals surface area contributed by atoms with E-state index in [-0.39, 0.29) is 17.2 Å². The number of hydrogen-bond donors (Lipinski definition) is 2. The van der Waals surface area contributed by atoms with E-state index in [2.05, 4.69) is 10.3 Å². The normalized spacial score (nSPS) is 11.2. The van der Waals surface area contributed by atoms with Gasteiger partial charge in [-0.25, -0.2) is 4.98 Å². The van der Waals surface area contributed by atoms with E-state index >= 15 is 0 Å². The number of amides is 1. The van der Waals surface area contributed by atoms with Crippen molar-refractivity contribution in [2.24, 2.45) is 0 Å². The summed E-state index contributed by atoms with van der Waals surface area (Å²) in [5.74, 6) is -0.0352. The molecular formula is C25H20N4O2S. The number of carbonyl (C=O) groups excluding carboxylic acids is 1. The van der Waals surface area contributed by atoms with Crippen molar-refractivity contribution in [3.8, 4) is 5.69 Å². The van der Waals surface area contributed by atoms with Crippen LogP contribution >= 0.6 is 11.8 Å². The molecule has 0 unspecified atom stereocenters. The van der Waals surface area contributed by atoms with E-state index in [0.29, 0.717) is 16.2 Å². The number of carbonyl (C=O) groups is 1. The highest BCUT2D eigenvalue weighted by Gasteiger charge is 2.19. The molecule has 6 nitrogen and oxygen atoms in total. The predicted octanol–water partition coefficient (Wildman–Crippen LogP) is 4.91. The van der Waals surface area contributed by atoms with Gasteiger partial charge < -0.3 is 10.3 Å². The Hall–Kier alpha value is -3.84. The van der Waals surface area contributed by atoms with Gasteiger partial charge in [0.2, 0.25) is 5.91 Å². The lowest BCUT2D eigenvalue weighted by atomic mass is 10.2. The third-order valence-corrected chi connectivity index (χ3v) is 6.18. The number of rotatable bonds is 5. The highest BCUT2D eigenvalue weighted by molar-refractivity contribution is 7.99. The van der Waals surface area contributed by atoms with Crippen LogP contribution in [0.1, 0.15) is 5.56 Å². The number of thioether (sulfide) groups is 1. The number of aromatic nitrogens is 3. The van der Waals surface area contributed by atoms with E-state index in [0.717, 1.165) is 27.8 Å². The summed E-state index contributed by atoms with van der Waals surface area (Å²) in [6, 6.07) is 24.7. The van der Waals surface area contributed by atoms with E-state index in [1.54, 1.807) is 4.57 Å². The number of fused-ring (bicyclic) bond motifs is 3. The van der Waals surface area contributed by atoms with Gasteiger partial charge in [-0.15, -0.1) is 0 Å². The number of benzene rings is 3. The van der Waals surface area contributed by atoms with Crippen molar-refractivity contribution in [3.05, 3.63) is 94.8 Å². The maximum atomic E-state index is 13.6. The smallest absolute Gasteiger partial charge is 0.283 e. The predicted molar refractivity (Wildman–Crippen MR) is 130 cm³/mol. The molecule has 5 rings (SSSR count). The van der Waals surface area contributed by atoms with Gasteiger partial charge in [0.15, 0.2) is 5.16 Å². The third-order valence-electron chi connectivity index (χ3n) is 5.24. The second kappa shape index (κ2) is 8.36. The summed E-state index contributed by atoms with van der Waals surface area (Å²) in [6.45, 7) is 1.95. The minimum absolute atomic E-state index is 0.126. The van der Waals surface area contributed by atoms with Crippen molar-refractivity contribution in [2.45, 2.75) is 12.1 Å². The van der Waals surface area contributed by atoms with Crippen molar-refractivity contribution < 1.29 is 4.79 Å². The van der Waals surface area contributed by atoms with E-state index in [1.807, 2.05) is 85.8 Å². The van der Waals surface area contributed by atoms with Crippen LogP contribution in [0.3, 0.4) is 0 Å². The Morgan fingerprint density at radius 2 is 1.72 bits per heavy atom. The first-order chi connectivity index (χ1) is 15.6. The zero-order valence-corrected chi connectivity index (χ0v) is 18.1. The van der Waals surface area contributed by atoms with Crippen LogP contribution in [-0.2, 0) is 4.79 Å². The maximum absolute atomic E-state index is 13.6. The molecule has 2 heterocycles. The van der Waals surface area contributed by atoms with Gasteiger partial charge in [-0.2, -0.15) is 0 Å². The standard InChI is InChI=1S/C25H20N4O2S/c1-16-9-5-8-14-20(16)29-24(31)23-22(18-12-6-7-13-19(18)27-23)28-25(29)32-15-21(30)26-17-10-3-2-4-11-17/h2-14,27H,15H2,1H3,(H,26,30). The number of nitrogens with zero attached hydrogens (tertiary/aromatic N) is 2. The molecule has 0 saturated heterocycles. The van der Waals surface area contributed by atoms with Gasteiger partial charge in [0, 0.05) is 16.6 Å². The van der Waals surface area contributed by atoms with Crippen molar-refractivity contribution in [1.29, 1.82) is 0 Å². The lowest BCUT2D eigenvalue weighted by molar-refractivity contribution is -0.113. The van der Waals surface area contributed by atoms with Gasteiger partial charge in [-0.1, -0.05) is 66.4 Å². The molecule has 7 heteroatoms. The molecular weight excluding hydrogens is 420 g/mol. The average Bonchev–Trinajstić information content (AvgIpc) is 3.18. The second-order valence-electron chi connectivity index (χ2n) is 7.42. The van der Waals surface area contributed by atoms with Gasteiger partial charge in [0.05, 0.1) is 11.4 Å². The minimum atomic E-state index is -0.188. The summed E-state index contributed by atoms with van der Waals surface area (Å²) in [5, 5.41) is 4.24. The largest absolute Gasteiger partial charge is 0.349 e. The fourth-order valence-electron chi connectivity index (χ4n) is 3.71. The molecule has 5 aromatic rings. The Bertz CT molecular complexity index is 1510. The Labute approximate surface area is 188 Å². The molecule has 0 atom stereocenters. The Balaban J connectivity index is 1.60. The summed E-state index contributed by atoms with van der Waals surface area (Å²) in [5.41, 5.74) is 4.15. The summed E-state index contributed by atoms with van der Waals surface area (Å²) < 4.78 is 1.59. The Morgan fingerprint density at radius 3 is 2.53 bits per heavy atom. The molecule has 32 heavy (non-hydrogen) atoms. The molecule has 0 saturated carbocycles. The number of aryl methyl sites for hydroxylation is 1. The van der Waals surface area contributed by atoms with Crippen LogP contribution in [-0.4, -0.2) is 26.2 Å². The number of para-hydroxylation sites is 3. The number of nitrogens with one attached hydrogen (secondary N) is 2. The third kappa shape index (κ3) is 3.67. The number of anilines is 1. The molecule has 3 aromatic carbocycles. The zero-order chi connectivity index (χ0) is 22.1. The Kier molecular flexibility index (Phi) is 5.25. The topological polar surface area (TPSA) is 79.8 Å². The van der Waals surface area contributed by atoms with E-state index < -0.39 is 0 Å². The quantitative estimate of drug-likeness (QED) is 0.301. The molecule has 0 aliphatic rings. The summed E-state index contributed by atoms with van der Waals surface area (Å²) >= 11 is 1.24. The Morgan fingerprint density at radius 1 is 1.00 bits per heavy atom. The van der Waals surface area contributed by atoms with Crippen molar-refractivity contribution in [3.63, 3.8) is 0 Å². The molecule has 0 aliphatic carbocycles. The van der Waals surface area contributed by atoms with Gasteiger partial charge in [-0.05, 0) is 36.8 Å². The molecule has 0 radical (unpaired) electrons. The highest BCUT2D eigenvalue weighted by Crippen LogP contribution is 2.27. The van der Waals surface area contributed by atoms with Crippen molar-refractivity contribution in [1.82, 2.24) is 14.5 Å². The molecule has 1 amide bonds. The molecule has 2 aromatic heterocycles. The summed E-state index contributed by atoms with van der Waals surface area (Å²) in [4.78, 5) is 34.2. The average molecular weight is 441 g/mol. The van der Waals surface area contributed by atoms with E-state index in [9.17, 15) is 9.59 Å². The fraction of sp³-hybridized carbons (Fsp3) is 0.0800. The van der Waals surface area contributed by atoms with Crippen LogP contribution in [0.5, 0.6) is 0 Å². The number of hydrogen-bond acceptors (Lipinski definition) is 4. The van der Waals surface area contributed by atoms with E-state index in [4.69, 9.17) is 4.98 Å². The summed E-state index contributed by atoms with van der Waals surface area (Å²) in [6.07, 6.45) is 0. The van der Waals surface area contributed by atoms with Gasteiger partial charge in [-0.3, -0.25) is 14.2 Å². The minimum Gasteiger partial charge on any atom is -0.349 e. The van der Waals surface area contributed by atoms with E-state index in [1.165, 1.54) is 11.8 Å². The highest BCUT2D eigenvalue weighted by atomic mass is 32.2. The molecule has 158 valence electrons. The lowest BCUT2D eigenvalue weighted by Crippen LogP contribution is -2.23. The zero-order valence-electron chi connectivity index (χ0n) is 17.3. The molecule has 0 bridgehead atoms. The maximum Gasteiger partial charge on any atom is 0.283 e. The number of H-pyrrole nitrogens is 1. The van der Waals surface area contributed by atoms with Crippen LogP contribution in [0.15, 0.2) is 88.8 Å². The first kappa shape index (κ1) is 20.1. The van der Waals surface area contributed by atoms with Crippen molar-refractivity contribution in [2.75, 3.05) is 11.1 Å². The SMILES string of the molecule is Cc1ccccc1-n1c(SCC(=O)Nc2ccccc2)nc2c([nH]c3ccccc32)c1=O. The first-order valence-electron chi connectivity index (χ1n) is 10.2. The fourth-order valence-corrected chi connectivity index (χ4v) is 4.51. The molecule has 2 N–H and O–H groups in total. The lowest BCUT2D eigenvalue weighted by Gasteiger charge is -2.14. The van der Waals surface area contributed by atoms with Gasteiger partial charge in [0.1, 0.15) is 11.0 Å². The molecule has 0 spiro atoms. The number of aromatic amines is 1. The van der Waals surface area contributed by atoms with Gasteiger partial charge in [0.25, 0.3) is 5.56 Å². The van der Waals surface area contributed by atoms with Crippen LogP contribution in [0.2, 0.25) is 0 Å². The van der Waals surface area contributed by atoms with Crippen LogP contribution in [0.4, 0.5) is 5.69 Å². The molecule has 0 aliphatic heterocycles. The van der Waals surface area contributed by atoms with Crippen molar-refractivity contribution >= 4 is 45.3 Å². The monoisotopic (exact) mass is 440 g/mol. The molecule has 0 fully saturated rings. The second-order valence-corrected chi connectivity index (χ2v) is 8.36. The summed E-state index contributed by atoms with van der Waals surface area (Å²) in [7, 11) is 0.